The molecule has 13 N–H and O–H groups in total. The second kappa shape index (κ2) is 14.5. The molecule has 4 aromatic rings. The van der Waals surface area contributed by atoms with Crippen LogP contribution in [0.4, 0.5) is 22.9 Å². The molecule has 0 unspecified atom stereocenters. The van der Waals surface area contributed by atoms with Crippen molar-refractivity contribution in [3.63, 3.8) is 0 Å². The van der Waals surface area contributed by atoms with Crippen LogP contribution in [0.25, 0.3) is 0 Å². The number of nitrogens with two attached hydrogens (primary N) is 1. The molecule has 0 bridgehead atoms. The molecule has 0 fully saturated rings. The van der Waals surface area contributed by atoms with Crippen LogP contribution in [0, 0.1) is 33.1 Å². The number of carbonyl (C=O) groups excluding carboxylic acids is 5. The Balaban J connectivity index is 1.38. The third-order valence-electron chi connectivity index (χ3n) is 7.29. The predicted octanol–water partition coefficient (Wildman–Crippen LogP) is 2.44. The zero-order valence-electron chi connectivity index (χ0n) is 26.3. The van der Waals surface area contributed by atoms with Gasteiger partial charge in [-0.05, 0) is 43.6 Å². The zero-order chi connectivity index (χ0) is 35.3. The highest BCUT2D eigenvalue weighted by atomic mass is 79.9. The molecule has 18 nitrogen and oxygen atoms in total. The minimum Gasteiger partial charge on any atom is -0.370 e. The zero-order valence-corrected chi connectivity index (χ0v) is 27.9. The van der Waals surface area contributed by atoms with Gasteiger partial charge >= 0.3 is 0 Å². The van der Waals surface area contributed by atoms with E-state index in [4.69, 9.17) is 11.1 Å². The van der Waals surface area contributed by atoms with Gasteiger partial charge in [-0.3, -0.25) is 34.5 Å². The lowest BCUT2D eigenvalue weighted by atomic mass is 10.2. The van der Waals surface area contributed by atoms with Crippen molar-refractivity contribution in [3.05, 3.63) is 74.7 Å². The number of amides is 5. The first-order valence-electron chi connectivity index (χ1n) is 14.2. The van der Waals surface area contributed by atoms with Gasteiger partial charge in [-0.25, -0.2) is 0 Å². The number of rotatable bonds is 12. The highest BCUT2D eigenvalue weighted by Gasteiger charge is 2.23. The van der Waals surface area contributed by atoms with Crippen LogP contribution < -0.4 is 37.6 Å². The van der Waals surface area contributed by atoms with Crippen molar-refractivity contribution in [2.75, 3.05) is 34.4 Å². The van der Waals surface area contributed by atoms with E-state index in [0.29, 0.717) is 39.3 Å². The maximum atomic E-state index is 13.2. The molecule has 0 aromatic carbocycles. The monoisotopic (exact) mass is 723 g/mol. The lowest BCUT2D eigenvalue weighted by Gasteiger charge is -2.07. The first kappa shape index (κ1) is 34.8. The standard InChI is InChI=1S/C29H34BrN13O5/c1-11-16(38-24(44)15(5)30)8-35-19(11)26(46)39-17-9-36-20(12(17)2)27(47)40-18-10-37-21(13(18)3)28(48)41-23-14(4)22(42-43-23)25(45)33-6-7-34-29(31)32/h8-10,35-37H,5-7H2,1-4H3,(H,33,45)(H,38,44)(H,39,46)(H,40,47)(H4,31,32,34)(H2,41,42,43,48). The van der Waals surface area contributed by atoms with Gasteiger partial charge in [0.15, 0.2) is 11.8 Å². The fraction of sp³-hybridized carbons (Fsp3) is 0.207. The quantitative estimate of drug-likeness (QED) is 0.0445. The summed E-state index contributed by atoms with van der Waals surface area (Å²) >= 11 is 3.01. The van der Waals surface area contributed by atoms with Gasteiger partial charge in [0.2, 0.25) is 0 Å². The normalized spacial score (nSPS) is 10.6. The Kier molecular flexibility index (Phi) is 10.5. The summed E-state index contributed by atoms with van der Waals surface area (Å²) in [6.07, 6.45) is 4.43. The molecule has 0 aliphatic carbocycles. The highest BCUT2D eigenvalue weighted by molar-refractivity contribution is 9.12. The van der Waals surface area contributed by atoms with Gasteiger partial charge in [0.1, 0.15) is 22.8 Å². The summed E-state index contributed by atoms with van der Waals surface area (Å²) in [5.41, 5.74) is 8.85. The number of aromatic amines is 4. The molecule has 0 atom stereocenters. The van der Waals surface area contributed by atoms with Gasteiger partial charge < -0.3 is 52.6 Å². The molecule has 0 aliphatic rings. The van der Waals surface area contributed by atoms with Gasteiger partial charge in [0.05, 0.1) is 21.5 Å². The molecule has 4 aromatic heterocycles. The number of halogens is 1. The molecular formula is C29H34BrN13O5. The Hall–Kier alpha value is -6.11. The highest BCUT2D eigenvalue weighted by Crippen LogP contribution is 2.26. The van der Waals surface area contributed by atoms with Crippen molar-refractivity contribution >= 4 is 74.3 Å². The maximum absolute atomic E-state index is 13.2. The molecule has 4 heterocycles. The van der Waals surface area contributed by atoms with Crippen molar-refractivity contribution in [3.8, 4) is 0 Å². The molecular weight excluding hydrogens is 690 g/mol. The van der Waals surface area contributed by atoms with Gasteiger partial charge in [0.25, 0.3) is 29.5 Å². The van der Waals surface area contributed by atoms with Gasteiger partial charge in [0, 0.05) is 53.9 Å². The van der Waals surface area contributed by atoms with E-state index in [1.54, 1.807) is 27.7 Å². The number of nitrogens with one attached hydrogen (secondary N) is 11. The molecule has 0 saturated carbocycles. The Morgan fingerprint density at radius 1 is 0.708 bits per heavy atom. The first-order chi connectivity index (χ1) is 22.7. The van der Waals surface area contributed by atoms with E-state index in [1.165, 1.54) is 18.6 Å². The van der Waals surface area contributed by atoms with Crippen LogP contribution in [0.1, 0.15) is 64.2 Å². The van der Waals surface area contributed by atoms with Crippen molar-refractivity contribution in [2.45, 2.75) is 27.7 Å². The first-order valence-corrected chi connectivity index (χ1v) is 15.0. The number of anilines is 4. The van der Waals surface area contributed by atoms with E-state index < -0.39 is 29.5 Å². The minimum atomic E-state index is -0.555. The van der Waals surface area contributed by atoms with Gasteiger partial charge in [-0.2, -0.15) is 5.10 Å². The number of carbonyl (C=O) groups is 5. The topological polar surface area (TPSA) is 283 Å². The molecule has 0 saturated heterocycles. The van der Waals surface area contributed by atoms with E-state index >= 15 is 0 Å². The molecule has 0 aliphatic heterocycles. The van der Waals surface area contributed by atoms with E-state index in [1.807, 2.05) is 0 Å². The Morgan fingerprint density at radius 3 is 1.60 bits per heavy atom. The number of hydrogen-bond donors (Lipinski definition) is 12. The maximum Gasteiger partial charge on any atom is 0.273 e. The summed E-state index contributed by atoms with van der Waals surface area (Å²) in [6.45, 7) is 10.6. The molecule has 252 valence electrons. The average molecular weight is 725 g/mol. The van der Waals surface area contributed by atoms with Crippen molar-refractivity contribution in [1.29, 1.82) is 5.41 Å². The average Bonchev–Trinajstić information content (AvgIpc) is 3.78. The van der Waals surface area contributed by atoms with Crippen LogP contribution in [-0.4, -0.2) is 73.7 Å². The third kappa shape index (κ3) is 7.64. The molecule has 4 rings (SSSR count). The molecule has 48 heavy (non-hydrogen) atoms. The van der Waals surface area contributed by atoms with E-state index in [2.05, 4.69) is 79.6 Å². The predicted molar refractivity (Wildman–Crippen MR) is 183 cm³/mol. The summed E-state index contributed by atoms with van der Waals surface area (Å²) in [7, 11) is 0. The van der Waals surface area contributed by atoms with Crippen LogP contribution in [0.15, 0.2) is 29.7 Å². The smallest absolute Gasteiger partial charge is 0.273 e. The van der Waals surface area contributed by atoms with Gasteiger partial charge in [-0.1, -0.05) is 6.58 Å². The van der Waals surface area contributed by atoms with E-state index in [0.717, 1.165) is 0 Å². The third-order valence-corrected chi connectivity index (χ3v) is 7.65. The number of aromatic nitrogens is 5. The van der Waals surface area contributed by atoms with Crippen molar-refractivity contribution < 1.29 is 24.0 Å². The summed E-state index contributed by atoms with van der Waals surface area (Å²) in [6, 6.07) is 0. The van der Waals surface area contributed by atoms with Crippen LogP contribution >= 0.6 is 15.9 Å². The summed E-state index contributed by atoms with van der Waals surface area (Å²) in [5, 5.41) is 29.8. The lowest BCUT2D eigenvalue weighted by Crippen LogP contribution is -2.37. The van der Waals surface area contributed by atoms with Crippen molar-refractivity contribution in [2.24, 2.45) is 5.73 Å². The molecule has 0 radical (unpaired) electrons. The largest absolute Gasteiger partial charge is 0.370 e. The molecule has 5 amide bonds. The fourth-order valence-electron chi connectivity index (χ4n) is 4.52. The molecule has 0 spiro atoms. The Morgan fingerprint density at radius 2 is 1.15 bits per heavy atom. The Bertz CT molecular complexity index is 1950. The fourth-order valence-corrected chi connectivity index (χ4v) is 4.61. The van der Waals surface area contributed by atoms with Crippen LogP contribution in [-0.2, 0) is 4.79 Å². The van der Waals surface area contributed by atoms with Crippen molar-refractivity contribution in [1.82, 2.24) is 35.8 Å². The summed E-state index contributed by atoms with van der Waals surface area (Å²) < 4.78 is 0.135. The van der Waals surface area contributed by atoms with E-state index in [-0.39, 0.29) is 52.1 Å². The van der Waals surface area contributed by atoms with Gasteiger partial charge in [-0.15, -0.1) is 0 Å². The Labute approximate surface area is 281 Å². The number of guanidine groups is 1. The second-order valence-corrected chi connectivity index (χ2v) is 11.5. The minimum absolute atomic E-state index is 0.135. The lowest BCUT2D eigenvalue weighted by molar-refractivity contribution is -0.112. The SMILES string of the molecule is C=C(Br)C(=O)Nc1c[nH]c(C(=O)Nc2c[nH]c(C(=O)Nc3c[nH]c(C(=O)Nc4n[nH]c(C(=O)NCCNC(=N)N)c4C)c3C)c2C)c1C. The summed E-state index contributed by atoms with van der Waals surface area (Å²) in [5.74, 6) is -2.54. The molecule has 19 heteroatoms. The van der Waals surface area contributed by atoms with Crippen LogP contribution in [0.3, 0.4) is 0 Å². The van der Waals surface area contributed by atoms with E-state index in [9.17, 15) is 24.0 Å². The number of hydrogen-bond acceptors (Lipinski definition) is 7. The van der Waals surface area contributed by atoms with Crippen LogP contribution in [0.2, 0.25) is 0 Å². The number of nitrogens with zero attached hydrogens (tertiary/aromatic N) is 1. The summed E-state index contributed by atoms with van der Waals surface area (Å²) in [4.78, 5) is 72.2. The van der Waals surface area contributed by atoms with Crippen LogP contribution in [0.5, 0.6) is 0 Å². The second-order valence-electron chi connectivity index (χ2n) is 10.5. The number of H-pyrrole nitrogens is 4.